The third-order valence-corrected chi connectivity index (χ3v) is 13.5. The van der Waals surface area contributed by atoms with Crippen LogP contribution in [0.25, 0.3) is 110 Å². The first-order valence-electron chi connectivity index (χ1n) is 22.6. The summed E-state index contributed by atoms with van der Waals surface area (Å²) in [7, 11) is 0. The first kappa shape index (κ1) is 37.8. The molecule has 0 bridgehead atoms. The summed E-state index contributed by atoms with van der Waals surface area (Å²) < 4.78 is 6.28. The lowest BCUT2D eigenvalue weighted by Gasteiger charge is -2.28. The quantitative estimate of drug-likeness (QED) is 0.149. The van der Waals surface area contributed by atoms with Gasteiger partial charge in [-0.1, -0.05) is 194 Å². The van der Waals surface area contributed by atoms with Crippen LogP contribution in [-0.2, 0) is 0 Å². The molecule has 0 amide bonds. The molecular weight excluding hydrogens is 799 g/mol. The molecule has 0 unspecified atom stereocenters. The molecule has 13 aromatic rings. The molecule has 1 aromatic heterocycles. The summed E-state index contributed by atoms with van der Waals surface area (Å²) in [6.07, 6.45) is 0. The van der Waals surface area contributed by atoms with Gasteiger partial charge in [0.2, 0.25) is 0 Å². The lowest BCUT2D eigenvalue weighted by atomic mass is 9.95. The van der Waals surface area contributed by atoms with E-state index in [0.29, 0.717) is 0 Å². The van der Waals surface area contributed by atoms with Gasteiger partial charge in [-0.3, -0.25) is 0 Å². The number of anilines is 3. The highest BCUT2D eigenvalue weighted by Gasteiger charge is 2.19. The molecule has 0 fully saturated rings. The van der Waals surface area contributed by atoms with E-state index in [-0.39, 0.29) is 0 Å². The van der Waals surface area contributed by atoms with Gasteiger partial charge in [0.1, 0.15) is 11.2 Å². The van der Waals surface area contributed by atoms with Crippen molar-refractivity contribution in [2.45, 2.75) is 0 Å². The number of nitrogens with zero attached hydrogens (tertiary/aromatic N) is 1. The van der Waals surface area contributed by atoms with Gasteiger partial charge in [0.05, 0.1) is 5.69 Å². The van der Waals surface area contributed by atoms with Crippen molar-refractivity contribution < 1.29 is 4.42 Å². The smallest absolute Gasteiger partial charge is 0.136 e. The number of benzene rings is 12. The molecule has 308 valence electrons. The molecule has 1 heterocycles. The highest BCUT2D eigenvalue weighted by molar-refractivity contribution is 6.13. The molecule has 0 spiro atoms. The van der Waals surface area contributed by atoms with E-state index < -0.39 is 0 Å². The minimum Gasteiger partial charge on any atom is -0.456 e. The second-order valence-electron chi connectivity index (χ2n) is 17.2. The van der Waals surface area contributed by atoms with Gasteiger partial charge in [0.25, 0.3) is 0 Å². The van der Waals surface area contributed by atoms with Crippen LogP contribution in [0.5, 0.6) is 0 Å². The molecule has 0 radical (unpaired) electrons. The summed E-state index contributed by atoms with van der Waals surface area (Å²) in [5, 5.41) is 12.4. The number of para-hydroxylation sites is 2. The van der Waals surface area contributed by atoms with E-state index >= 15 is 0 Å². The Balaban J connectivity index is 0.884. The number of hydrogen-bond acceptors (Lipinski definition) is 2. The first-order chi connectivity index (χ1) is 32.7. The minimum atomic E-state index is 0.897. The Morgan fingerprint density at radius 1 is 0.258 bits per heavy atom. The van der Waals surface area contributed by atoms with Crippen LogP contribution < -0.4 is 4.90 Å². The van der Waals surface area contributed by atoms with Crippen molar-refractivity contribution in [3.8, 4) is 44.5 Å². The summed E-state index contributed by atoms with van der Waals surface area (Å²) >= 11 is 0. The van der Waals surface area contributed by atoms with Crippen LogP contribution in [0.3, 0.4) is 0 Å². The zero-order valence-electron chi connectivity index (χ0n) is 36.0. The molecule has 2 nitrogen and oxygen atoms in total. The third-order valence-electron chi connectivity index (χ3n) is 13.5. The van der Waals surface area contributed by atoms with E-state index in [1.54, 1.807) is 0 Å². The summed E-state index contributed by atoms with van der Waals surface area (Å²) in [4.78, 5) is 2.40. The predicted octanol–water partition coefficient (Wildman–Crippen LogP) is 18.3. The molecule has 66 heavy (non-hydrogen) atoms. The van der Waals surface area contributed by atoms with Crippen LogP contribution in [-0.4, -0.2) is 0 Å². The average Bonchev–Trinajstić information content (AvgIpc) is 3.78. The highest BCUT2D eigenvalue weighted by Crippen LogP contribution is 2.44. The molecule has 0 aliphatic heterocycles. The minimum absolute atomic E-state index is 0.897. The molecule has 0 N–H and O–H groups in total. The van der Waals surface area contributed by atoms with E-state index in [2.05, 4.69) is 241 Å². The number of furan rings is 1. The fourth-order valence-corrected chi connectivity index (χ4v) is 10.2. The van der Waals surface area contributed by atoms with Crippen molar-refractivity contribution in [3.05, 3.63) is 249 Å². The van der Waals surface area contributed by atoms with E-state index in [4.69, 9.17) is 4.42 Å². The maximum absolute atomic E-state index is 6.28. The molecule has 12 aromatic carbocycles. The molecule has 0 atom stereocenters. The lowest BCUT2D eigenvalue weighted by Crippen LogP contribution is -2.11. The van der Waals surface area contributed by atoms with Gasteiger partial charge in [0.15, 0.2) is 0 Å². The Hall–Kier alpha value is -8.72. The summed E-state index contributed by atoms with van der Waals surface area (Å²) in [6.45, 7) is 0. The van der Waals surface area contributed by atoms with E-state index in [1.165, 1.54) is 70.9 Å². The zero-order chi connectivity index (χ0) is 43.6. The van der Waals surface area contributed by atoms with Crippen LogP contribution in [0, 0.1) is 0 Å². The van der Waals surface area contributed by atoms with Crippen molar-refractivity contribution in [3.63, 3.8) is 0 Å². The van der Waals surface area contributed by atoms with Gasteiger partial charge < -0.3 is 9.32 Å². The molecule has 0 saturated heterocycles. The van der Waals surface area contributed by atoms with Crippen molar-refractivity contribution in [1.82, 2.24) is 0 Å². The largest absolute Gasteiger partial charge is 0.456 e. The molecular formula is C64H41NO. The van der Waals surface area contributed by atoms with E-state index in [0.717, 1.165) is 55.7 Å². The van der Waals surface area contributed by atoms with E-state index in [1.807, 2.05) is 12.1 Å². The molecule has 2 heteroatoms. The van der Waals surface area contributed by atoms with Gasteiger partial charge in [-0.2, -0.15) is 0 Å². The second-order valence-corrected chi connectivity index (χ2v) is 17.2. The van der Waals surface area contributed by atoms with Gasteiger partial charge >= 0.3 is 0 Å². The van der Waals surface area contributed by atoms with Gasteiger partial charge in [0, 0.05) is 27.7 Å². The second kappa shape index (κ2) is 15.5. The first-order valence-corrected chi connectivity index (χ1v) is 22.6. The molecule has 13 rings (SSSR count). The zero-order valence-corrected chi connectivity index (χ0v) is 36.0. The number of fused-ring (bicyclic) bond motifs is 9. The highest BCUT2D eigenvalue weighted by atomic mass is 16.3. The maximum Gasteiger partial charge on any atom is 0.136 e. The van der Waals surface area contributed by atoms with Crippen LogP contribution in [0.4, 0.5) is 17.1 Å². The normalized spacial score (nSPS) is 11.6. The summed E-state index contributed by atoms with van der Waals surface area (Å²) in [5.74, 6) is 0. The predicted molar refractivity (Wildman–Crippen MR) is 280 cm³/mol. The topological polar surface area (TPSA) is 16.4 Å². The Morgan fingerprint density at radius 2 is 0.697 bits per heavy atom. The molecule has 0 saturated carbocycles. The molecule has 0 aliphatic carbocycles. The fraction of sp³-hybridized carbons (Fsp3) is 0. The Kier molecular flexibility index (Phi) is 8.89. The van der Waals surface area contributed by atoms with Gasteiger partial charge in [-0.15, -0.1) is 0 Å². The Labute approximate surface area is 382 Å². The fourth-order valence-electron chi connectivity index (χ4n) is 10.2. The third kappa shape index (κ3) is 6.42. The standard InChI is InChI=1S/C64H41NO/c1-3-12-54-45(10-1)24-26-49-40-48(32-38-56(49)54)44-22-20-42(21-23-44)43-28-34-52(35-29-43)65(53-36-30-47(31-37-53)59-16-9-19-63-64(59)60-15-6-8-18-62(60)66-63)61-17-7-5-14-58(61)51-33-39-57-50(41-51)27-25-46-11-2-4-13-55(46)57/h1-41H. The summed E-state index contributed by atoms with van der Waals surface area (Å²) in [5.41, 5.74) is 14.5. The maximum atomic E-state index is 6.28. The SMILES string of the molecule is c1ccc(N(c2ccc(-c3ccc(-c4ccc5c(ccc6ccccc65)c4)cc3)cc2)c2ccc(-c3cccc4oc5ccccc5c34)cc2)c(-c2ccc3c(ccc4ccccc43)c2)c1. The van der Waals surface area contributed by atoms with Crippen LogP contribution in [0.1, 0.15) is 0 Å². The van der Waals surface area contributed by atoms with Crippen LogP contribution >= 0.6 is 0 Å². The van der Waals surface area contributed by atoms with Crippen LogP contribution in [0.15, 0.2) is 253 Å². The number of rotatable bonds is 7. The van der Waals surface area contributed by atoms with Crippen molar-refractivity contribution >= 4 is 82.1 Å². The average molecular weight is 840 g/mol. The van der Waals surface area contributed by atoms with Crippen molar-refractivity contribution in [2.75, 3.05) is 4.90 Å². The van der Waals surface area contributed by atoms with E-state index in [9.17, 15) is 0 Å². The van der Waals surface area contributed by atoms with Crippen molar-refractivity contribution in [1.29, 1.82) is 0 Å². The lowest BCUT2D eigenvalue weighted by molar-refractivity contribution is 0.669. The van der Waals surface area contributed by atoms with Crippen LogP contribution in [0.2, 0.25) is 0 Å². The van der Waals surface area contributed by atoms with Gasteiger partial charge in [-0.25, -0.2) is 0 Å². The summed E-state index contributed by atoms with van der Waals surface area (Å²) in [6, 6.07) is 90.3. The number of hydrogen-bond donors (Lipinski definition) is 0. The molecule has 0 aliphatic rings. The Bertz CT molecular complexity index is 3970. The van der Waals surface area contributed by atoms with Crippen molar-refractivity contribution in [2.24, 2.45) is 0 Å². The monoisotopic (exact) mass is 839 g/mol. The Morgan fingerprint density at radius 3 is 1.36 bits per heavy atom. The van der Waals surface area contributed by atoms with Gasteiger partial charge in [-0.05, 0) is 137 Å².